The first-order valence-electron chi connectivity index (χ1n) is 3.06. The highest BCUT2D eigenvalue weighted by atomic mass is 16.4. The van der Waals surface area contributed by atoms with Crippen molar-refractivity contribution < 1.29 is 9.90 Å². The lowest BCUT2D eigenvalue weighted by atomic mass is 10.1. The minimum absolute atomic E-state index is 0.206. The van der Waals surface area contributed by atoms with Crippen LogP contribution in [-0.2, 0) is 4.79 Å². The van der Waals surface area contributed by atoms with Crippen molar-refractivity contribution in [3.8, 4) is 0 Å². The fourth-order valence-electron chi connectivity index (χ4n) is 1.02. The van der Waals surface area contributed by atoms with Gasteiger partial charge in [-0.25, -0.2) is 4.79 Å². The molecule has 0 saturated heterocycles. The van der Waals surface area contributed by atoms with Gasteiger partial charge in [0.05, 0.1) is 5.57 Å². The highest BCUT2D eigenvalue weighted by molar-refractivity contribution is 5.88. The molecule has 0 spiro atoms. The predicted octanol–water partition coefficient (Wildman–Crippen LogP) is 0.274. The molecule has 1 aliphatic rings. The van der Waals surface area contributed by atoms with E-state index in [4.69, 9.17) is 10.8 Å². The van der Waals surface area contributed by atoms with Gasteiger partial charge in [0, 0.05) is 6.04 Å². The first kappa shape index (κ1) is 7.06. The fourth-order valence-corrected chi connectivity index (χ4v) is 1.02. The number of hydrogen-bond donors (Lipinski definition) is 2. The Bertz CT molecular complexity index is 236. The monoisotopic (exact) mass is 139 g/mol. The van der Waals surface area contributed by atoms with Crippen LogP contribution in [0.25, 0.3) is 0 Å². The Labute approximate surface area is 58.8 Å². The van der Waals surface area contributed by atoms with E-state index in [1.165, 1.54) is 0 Å². The minimum atomic E-state index is -0.954. The van der Waals surface area contributed by atoms with Crippen molar-refractivity contribution in [3.63, 3.8) is 0 Å². The van der Waals surface area contributed by atoms with Gasteiger partial charge in [0.1, 0.15) is 0 Å². The summed E-state index contributed by atoms with van der Waals surface area (Å²) in [4.78, 5) is 10.4. The first-order valence-corrected chi connectivity index (χ1v) is 3.06. The molecule has 0 heterocycles. The second-order valence-corrected chi connectivity index (χ2v) is 2.43. The average Bonchev–Trinajstić information content (AvgIpc) is 2.10. The highest BCUT2D eigenvalue weighted by Gasteiger charge is 2.20. The molecule has 1 rings (SSSR count). The summed E-state index contributed by atoms with van der Waals surface area (Å²) in [6, 6.07) is -0.350. The van der Waals surface area contributed by atoms with Gasteiger partial charge in [-0.1, -0.05) is 0 Å². The van der Waals surface area contributed by atoms with E-state index in [0.717, 1.165) is 5.57 Å². The lowest BCUT2D eigenvalue weighted by Crippen LogP contribution is -2.24. The van der Waals surface area contributed by atoms with Gasteiger partial charge in [-0.05, 0) is 18.9 Å². The van der Waals surface area contributed by atoms with E-state index in [9.17, 15) is 4.79 Å². The minimum Gasteiger partial charge on any atom is -0.477 e. The van der Waals surface area contributed by atoms with Crippen molar-refractivity contribution in [2.75, 3.05) is 0 Å². The number of carboxylic acids is 1. The van der Waals surface area contributed by atoms with E-state index in [0.29, 0.717) is 6.42 Å². The van der Waals surface area contributed by atoms with Gasteiger partial charge in [0.2, 0.25) is 0 Å². The molecule has 1 aliphatic carbocycles. The van der Waals surface area contributed by atoms with E-state index in [2.05, 4.69) is 5.73 Å². The van der Waals surface area contributed by atoms with Gasteiger partial charge in [0.15, 0.2) is 0 Å². The van der Waals surface area contributed by atoms with Gasteiger partial charge >= 0.3 is 5.97 Å². The molecule has 0 aromatic heterocycles. The molecular formula is C7H9NO2. The molecule has 0 aliphatic heterocycles. The van der Waals surface area contributed by atoms with Crippen LogP contribution in [0.2, 0.25) is 0 Å². The third kappa shape index (κ3) is 1.10. The number of aliphatic carboxylic acids is 1. The molecule has 0 fully saturated rings. The largest absolute Gasteiger partial charge is 0.477 e. The predicted molar refractivity (Wildman–Crippen MR) is 36.4 cm³/mol. The summed E-state index contributed by atoms with van der Waals surface area (Å²) in [5.74, 6) is -0.954. The van der Waals surface area contributed by atoms with E-state index in [1.807, 2.05) is 6.92 Å². The maximum atomic E-state index is 10.4. The maximum Gasteiger partial charge on any atom is 0.341 e. The fraction of sp³-hybridized carbons (Fsp3) is 0.429. The van der Waals surface area contributed by atoms with E-state index in [-0.39, 0.29) is 11.6 Å². The van der Waals surface area contributed by atoms with Crippen LogP contribution in [0.4, 0.5) is 0 Å². The van der Waals surface area contributed by atoms with E-state index in [1.54, 1.807) is 0 Å². The molecule has 1 atom stereocenters. The Morgan fingerprint density at radius 2 is 2.50 bits per heavy atom. The first-order chi connectivity index (χ1) is 4.61. The Morgan fingerprint density at radius 3 is 2.70 bits per heavy atom. The SMILES string of the molecule is CC1=C=C(C(=O)O)[C@@H](N)C1. The number of hydrogen-bond acceptors (Lipinski definition) is 2. The van der Waals surface area contributed by atoms with Gasteiger partial charge in [-0.15, -0.1) is 5.73 Å². The summed E-state index contributed by atoms with van der Waals surface area (Å²) in [6.07, 6.45) is 0.627. The molecule has 0 amide bonds. The third-order valence-electron chi connectivity index (χ3n) is 1.48. The quantitative estimate of drug-likeness (QED) is 0.512. The van der Waals surface area contributed by atoms with Crippen molar-refractivity contribution >= 4 is 5.97 Å². The van der Waals surface area contributed by atoms with Crippen molar-refractivity contribution in [3.05, 3.63) is 16.9 Å². The van der Waals surface area contributed by atoms with Crippen LogP contribution in [0.15, 0.2) is 16.9 Å². The van der Waals surface area contributed by atoms with E-state index < -0.39 is 5.97 Å². The number of carboxylic acid groups (broad SMARTS) is 1. The van der Waals surface area contributed by atoms with Crippen molar-refractivity contribution in [2.45, 2.75) is 19.4 Å². The third-order valence-corrected chi connectivity index (χ3v) is 1.48. The summed E-state index contributed by atoms with van der Waals surface area (Å²) in [7, 11) is 0. The summed E-state index contributed by atoms with van der Waals surface area (Å²) in [5.41, 5.74) is 9.31. The summed E-state index contributed by atoms with van der Waals surface area (Å²) in [5, 5.41) is 8.51. The second-order valence-electron chi connectivity index (χ2n) is 2.43. The Morgan fingerprint density at radius 1 is 1.90 bits per heavy atom. The number of carbonyl (C=O) groups is 1. The number of nitrogens with two attached hydrogens (primary N) is 1. The standard InChI is InChI=1S/C7H9NO2/c1-4-2-5(7(9)10)6(8)3-4/h6H,3,8H2,1H3,(H,9,10)/t6-/m0/s1. The van der Waals surface area contributed by atoms with Crippen LogP contribution in [0, 0.1) is 0 Å². The molecule has 3 nitrogen and oxygen atoms in total. The molecule has 0 aromatic carbocycles. The molecular weight excluding hydrogens is 130 g/mol. The Hall–Kier alpha value is -1.05. The normalized spacial score (nSPS) is 24.0. The van der Waals surface area contributed by atoms with Gasteiger partial charge < -0.3 is 10.8 Å². The van der Waals surface area contributed by atoms with Crippen LogP contribution in [-0.4, -0.2) is 17.1 Å². The molecule has 0 aromatic rings. The zero-order valence-corrected chi connectivity index (χ0v) is 5.72. The van der Waals surface area contributed by atoms with Crippen LogP contribution >= 0.6 is 0 Å². The summed E-state index contributed by atoms with van der Waals surface area (Å²) >= 11 is 0. The zero-order valence-electron chi connectivity index (χ0n) is 5.72. The lowest BCUT2D eigenvalue weighted by molar-refractivity contribution is -0.132. The van der Waals surface area contributed by atoms with Gasteiger partial charge in [-0.2, -0.15) is 0 Å². The average molecular weight is 139 g/mol. The van der Waals surface area contributed by atoms with Gasteiger partial charge in [0.25, 0.3) is 0 Å². The molecule has 0 radical (unpaired) electrons. The van der Waals surface area contributed by atoms with Crippen molar-refractivity contribution in [1.82, 2.24) is 0 Å². The van der Waals surface area contributed by atoms with Crippen LogP contribution in [0.3, 0.4) is 0 Å². The molecule has 0 saturated carbocycles. The molecule has 0 bridgehead atoms. The van der Waals surface area contributed by atoms with Crippen LogP contribution in [0.1, 0.15) is 13.3 Å². The summed E-state index contributed by atoms with van der Waals surface area (Å²) < 4.78 is 0. The van der Waals surface area contributed by atoms with Crippen molar-refractivity contribution in [1.29, 1.82) is 0 Å². The lowest BCUT2D eigenvalue weighted by Gasteiger charge is -2.02. The van der Waals surface area contributed by atoms with Crippen molar-refractivity contribution in [2.24, 2.45) is 5.73 Å². The Balaban J connectivity index is 2.93. The van der Waals surface area contributed by atoms with Crippen LogP contribution < -0.4 is 5.73 Å². The zero-order chi connectivity index (χ0) is 7.72. The summed E-state index contributed by atoms with van der Waals surface area (Å²) in [6.45, 7) is 1.83. The van der Waals surface area contributed by atoms with Crippen LogP contribution in [0.5, 0.6) is 0 Å². The molecule has 10 heavy (non-hydrogen) atoms. The Kier molecular flexibility index (Phi) is 1.62. The van der Waals surface area contributed by atoms with E-state index >= 15 is 0 Å². The smallest absolute Gasteiger partial charge is 0.341 e. The molecule has 54 valence electrons. The number of rotatable bonds is 1. The highest BCUT2D eigenvalue weighted by Crippen LogP contribution is 2.16. The topological polar surface area (TPSA) is 63.3 Å². The second kappa shape index (κ2) is 2.29. The maximum absolute atomic E-state index is 10.4. The molecule has 3 N–H and O–H groups in total. The van der Waals surface area contributed by atoms with Gasteiger partial charge in [-0.3, -0.25) is 0 Å². The molecule has 3 heteroatoms. The molecule has 0 unspecified atom stereocenters.